The molecule has 7 heteroatoms. The number of hydrogen-bond donors (Lipinski definition) is 1. The molecule has 0 aliphatic heterocycles. The van der Waals surface area contributed by atoms with Gasteiger partial charge >= 0.3 is 0 Å². The van der Waals surface area contributed by atoms with Gasteiger partial charge in [0.1, 0.15) is 0 Å². The molecule has 29 heavy (non-hydrogen) atoms. The molecule has 1 amide bonds. The molecule has 1 heterocycles. The number of benzene rings is 2. The summed E-state index contributed by atoms with van der Waals surface area (Å²) in [7, 11) is 1.59. The molecule has 0 fully saturated rings. The van der Waals surface area contributed by atoms with E-state index in [9.17, 15) is 9.59 Å². The minimum atomic E-state index is -0.134. The highest BCUT2D eigenvalue weighted by atomic mass is 32.2. The number of nitrogens with zero attached hydrogens (tertiary/aromatic N) is 2. The molecule has 1 N–H and O–H groups in total. The zero-order valence-corrected chi connectivity index (χ0v) is 17.9. The van der Waals surface area contributed by atoms with Crippen LogP contribution in [0.15, 0.2) is 46.3 Å². The Bertz CT molecular complexity index is 1090. The predicted molar refractivity (Wildman–Crippen MR) is 118 cm³/mol. The van der Waals surface area contributed by atoms with Crippen molar-refractivity contribution >= 4 is 34.3 Å². The number of anilines is 1. The Kier molecular flexibility index (Phi) is 6.71. The second-order valence-electron chi connectivity index (χ2n) is 6.97. The number of aromatic nitrogens is 2. The van der Waals surface area contributed by atoms with E-state index in [0.29, 0.717) is 29.2 Å². The highest BCUT2D eigenvalue weighted by Gasteiger charge is 2.14. The van der Waals surface area contributed by atoms with E-state index in [0.717, 1.165) is 22.4 Å². The van der Waals surface area contributed by atoms with E-state index in [-0.39, 0.29) is 17.2 Å². The van der Waals surface area contributed by atoms with Crippen LogP contribution in [0.2, 0.25) is 0 Å². The fraction of sp³-hybridized carbons (Fsp3) is 0.318. The van der Waals surface area contributed by atoms with Crippen LogP contribution in [0.4, 0.5) is 5.69 Å². The minimum absolute atomic E-state index is 0.124. The molecule has 0 saturated heterocycles. The fourth-order valence-corrected chi connectivity index (χ4v) is 4.15. The molecule has 0 bridgehead atoms. The van der Waals surface area contributed by atoms with Gasteiger partial charge in [0.05, 0.1) is 29.8 Å². The van der Waals surface area contributed by atoms with Crippen LogP contribution in [0.5, 0.6) is 0 Å². The van der Waals surface area contributed by atoms with Gasteiger partial charge in [-0.25, -0.2) is 4.98 Å². The third-order valence-electron chi connectivity index (χ3n) is 4.62. The van der Waals surface area contributed by atoms with Crippen molar-refractivity contribution in [1.82, 2.24) is 9.55 Å². The summed E-state index contributed by atoms with van der Waals surface area (Å²) in [5.74, 6) is 0.0237. The number of hydrogen-bond acceptors (Lipinski definition) is 5. The smallest absolute Gasteiger partial charge is 0.262 e. The SMILES string of the molecule is COCCn1c(SCC(=O)Nc2c(C)cc(C)cc2C)nc2ccccc2c1=O. The molecule has 3 rings (SSSR count). The maximum absolute atomic E-state index is 12.9. The van der Waals surface area contributed by atoms with Crippen LogP contribution in [0.3, 0.4) is 0 Å². The lowest BCUT2D eigenvalue weighted by molar-refractivity contribution is -0.113. The number of rotatable bonds is 7. The second kappa shape index (κ2) is 9.24. The summed E-state index contributed by atoms with van der Waals surface area (Å²) in [5, 5.41) is 4.06. The maximum atomic E-state index is 12.9. The molecule has 0 unspecified atom stereocenters. The Hall–Kier alpha value is -2.64. The van der Waals surface area contributed by atoms with E-state index in [2.05, 4.69) is 10.3 Å². The zero-order chi connectivity index (χ0) is 21.0. The lowest BCUT2D eigenvalue weighted by Crippen LogP contribution is -2.26. The first-order chi connectivity index (χ1) is 13.9. The quantitative estimate of drug-likeness (QED) is 0.474. The molecule has 0 radical (unpaired) electrons. The van der Waals surface area contributed by atoms with Crippen LogP contribution in [-0.4, -0.2) is 34.9 Å². The van der Waals surface area contributed by atoms with Crippen LogP contribution in [0.1, 0.15) is 16.7 Å². The number of ether oxygens (including phenoxy) is 1. The second-order valence-corrected chi connectivity index (χ2v) is 7.91. The van der Waals surface area contributed by atoms with Crippen LogP contribution in [-0.2, 0) is 16.1 Å². The summed E-state index contributed by atoms with van der Waals surface area (Å²) in [4.78, 5) is 30.0. The Morgan fingerprint density at radius 2 is 1.86 bits per heavy atom. The Morgan fingerprint density at radius 3 is 2.55 bits per heavy atom. The van der Waals surface area contributed by atoms with Gasteiger partial charge in [-0.3, -0.25) is 14.2 Å². The third kappa shape index (κ3) is 4.86. The molecule has 6 nitrogen and oxygen atoms in total. The number of para-hydroxylation sites is 1. The van der Waals surface area contributed by atoms with E-state index in [1.807, 2.05) is 45.0 Å². The normalized spacial score (nSPS) is 11.0. The largest absolute Gasteiger partial charge is 0.383 e. The number of carbonyl (C=O) groups excluding carboxylic acids is 1. The summed E-state index contributed by atoms with van der Waals surface area (Å²) in [6.07, 6.45) is 0. The number of methoxy groups -OCH3 is 1. The first-order valence-corrected chi connectivity index (χ1v) is 10.4. The van der Waals surface area contributed by atoms with Crippen LogP contribution in [0, 0.1) is 20.8 Å². The van der Waals surface area contributed by atoms with Gasteiger partial charge in [-0.15, -0.1) is 0 Å². The standard InChI is InChI=1S/C22H25N3O3S/c1-14-11-15(2)20(16(3)12-14)24-19(26)13-29-22-23-18-8-6-5-7-17(18)21(27)25(22)9-10-28-4/h5-8,11-12H,9-10,13H2,1-4H3,(H,24,26). The highest BCUT2D eigenvalue weighted by molar-refractivity contribution is 7.99. The summed E-state index contributed by atoms with van der Waals surface area (Å²) in [6.45, 7) is 6.77. The number of fused-ring (bicyclic) bond motifs is 1. The van der Waals surface area contributed by atoms with Crippen molar-refractivity contribution in [2.24, 2.45) is 0 Å². The van der Waals surface area contributed by atoms with Crippen molar-refractivity contribution < 1.29 is 9.53 Å². The Morgan fingerprint density at radius 1 is 1.17 bits per heavy atom. The molecule has 0 spiro atoms. The summed E-state index contributed by atoms with van der Waals surface area (Å²) in [5.41, 5.74) is 4.56. The van der Waals surface area contributed by atoms with Crippen molar-refractivity contribution in [1.29, 1.82) is 0 Å². The van der Waals surface area contributed by atoms with Gasteiger partial charge in [0.2, 0.25) is 5.91 Å². The van der Waals surface area contributed by atoms with Crippen molar-refractivity contribution in [3.8, 4) is 0 Å². The number of amides is 1. The van der Waals surface area contributed by atoms with Crippen LogP contribution >= 0.6 is 11.8 Å². The summed E-state index contributed by atoms with van der Waals surface area (Å²) >= 11 is 1.25. The predicted octanol–water partition coefficient (Wildman–Crippen LogP) is 3.70. The molecular formula is C22H25N3O3S. The molecule has 0 saturated carbocycles. The lowest BCUT2D eigenvalue weighted by Gasteiger charge is -2.14. The van der Waals surface area contributed by atoms with Crippen molar-refractivity contribution in [3.63, 3.8) is 0 Å². The van der Waals surface area contributed by atoms with E-state index in [1.54, 1.807) is 23.8 Å². The summed E-state index contributed by atoms with van der Waals surface area (Å²) in [6, 6.07) is 11.3. The molecule has 1 aromatic heterocycles. The van der Waals surface area contributed by atoms with E-state index >= 15 is 0 Å². The van der Waals surface area contributed by atoms with Crippen LogP contribution < -0.4 is 10.9 Å². The Balaban J connectivity index is 1.82. The molecular weight excluding hydrogens is 386 g/mol. The minimum Gasteiger partial charge on any atom is -0.383 e. The molecule has 152 valence electrons. The van der Waals surface area contributed by atoms with E-state index in [1.165, 1.54) is 11.8 Å². The van der Waals surface area contributed by atoms with E-state index < -0.39 is 0 Å². The zero-order valence-electron chi connectivity index (χ0n) is 17.1. The molecule has 2 aromatic carbocycles. The van der Waals surface area contributed by atoms with Crippen molar-refractivity contribution in [2.45, 2.75) is 32.5 Å². The number of nitrogens with one attached hydrogen (secondary N) is 1. The fourth-order valence-electron chi connectivity index (χ4n) is 3.32. The van der Waals surface area contributed by atoms with Gasteiger partial charge < -0.3 is 10.1 Å². The van der Waals surface area contributed by atoms with Crippen molar-refractivity contribution in [3.05, 3.63) is 63.4 Å². The van der Waals surface area contributed by atoms with E-state index in [4.69, 9.17) is 4.74 Å². The Labute approximate surface area is 174 Å². The average molecular weight is 412 g/mol. The van der Waals surface area contributed by atoms with Gasteiger partial charge in [0.25, 0.3) is 5.56 Å². The molecule has 0 atom stereocenters. The molecule has 3 aromatic rings. The topological polar surface area (TPSA) is 73.2 Å². The van der Waals surface area contributed by atoms with Gasteiger partial charge in [-0.2, -0.15) is 0 Å². The lowest BCUT2D eigenvalue weighted by atomic mass is 10.1. The first kappa shape index (κ1) is 21.1. The monoisotopic (exact) mass is 411 g/mol. The maximum Gasteiger partial charge on any atom is 0.262 e. The number of thioether (sulfide) groups is 1. The highest BCUT2D eigenvalue weighted by Crippen LogP contribution is 2.23. The average Bonchev–Trinajstić information content (AvgIpc) is 2.68. The van der Waals surface area contributed by atoms with Gasteiger partial charge in [0, 0.05) is 12.8 Å². The van der Waals surface area contributed by atoms with Crippen LogP contribution in [0.25, 0.3) is 10.9 Å². The number of carbonyl (C=O) groups is 1. The molecule has 0 aliphatic rings. The molecule has 0 aliphatic carbocycles. The number of aryl methyl sites for hydroxylation is 3. The first-order valence-electron chi connectivity index (χ1n) is 9.39. The van der Waals surface area contributed by atoms with Gasteiger partial charge in [0.15, 0.2) is 5.16 Å². The third-order valence-corrected chi connectivity index (χ3v) is 5.60. The van der Waals surface area contributed by atoms with Gasteiger partial charge in [-0.05, 0) is 44.0 Å². The van der Waals surface area contributed by atoms with Crippen molar-refractivity contribution in [2.75, 3.05) is 24.8 Å². The van der Waals surface area contributed by atoms with Gasteiger partial charge in [-0.1, -0.05) is 41.6 Å². The summed E-state index contributed by atoms with van der Waals surface area (Å²) < 4.78 is 6.71.